The molecule has 6 heteroatoms. The van der Waals surface area contributed by atoms with Crippen molar-refractivity contribution in [3.8, 4) is 6.07 Å². The Balaban J connectivity index is 2.45. The van der Waals surface area contributed by atoms with E-state index in [1.54, 1.807) is 18.2 Å². The summed E-state index contributed by atoms with van der Waals surface area (Å²) in [5.41, 5.74) is 12.2. The van der Waals surface area contributed by atoms with Crippen LogP contribution in [0.15, 0.2) is 30.5 Å². The van der Waals surface area contributed by atoms with Gasteiger partial charge < -0.3 is 11.5 Å². The minimum atomic E-state index is -0.420. The van der Waals surface area contributed by atoms with Gasteiger partial charge in [-0.05, 0) is 18.2 Å². The maximum absolute atomic E-state index is 12.0. The highest BCUT2D eigenvalue weighted by Gasteiger charge is 2.15. The Bertz CT molecular complexity index is 623. The lowest BCUT2D eigenvalue weighted by Crippen LogP contribution is -2.16. The highest BCUT2D eigenvalue weighted by atomic mass is 16.2. The molecule has 0 aliphatic carbocycles. The molecular formula is C11H9N5O. The quantitative estimate of drug-likeness (QED) is 0.693. The Labute approximate surface area is 97.1 Å². The van der Waals surface area contributed by atoms with Crippen LogP contribution in [0.25, 0.3) is 0 Å². The molecule has 6 nitrogen and oxygen atoms in total. The van der Waals surface area contributed by atoms with Gasteiger partial charge in [0, 0.05) is 11.3 Å². The van der Waals surface area contributed by atoms with Crippen molar-refractivity contribution in [3.63, 3.8) is 0 Å². The number of carbonyl (C=O) groups is 1. The third kappa shape index (κ3) is 1.81. The summed E-state index contributed by atoms with van der Waals surface area (Å²) in [6.45, 7) is 0. The van der Waals surface area contributed by atoms with Crippen molar-refractivity contribution in [1.82, 2.24) is 9.78 Å². The van der Waals surface area contributed by atoms with Gasteiger partial charge >= 0.3 is 0 Å². The summed E-state index contributed by atoms with van der Waals surface area (Å²) < 4.78 is 0.979. The van der Waals surface area contributed by atoms with Crippen molar-refractivity contribution >= 4 is 17.4 Å². The van der Waals surface area contributed by atoms with Crippen LogP contribution in [0, 0.1) is 11.3 Å². The average molecular weight is 227 g/mol. The van der Waals surface area contributed by atoms with Crippen LogP contribution in [-0.2, 0) is 0 Å². The SMILES string of the molecule is N#Cc1cnn(C(=O)c2cccc(N)c2)c1N. The molecule has 0 bridgehead atoms. The van der Waals surface area contributed by atoms with Crippen LogP contribution in [0.1, 0.15) is 15.9 Å². The molecule has 0 amide bonds. The van der Waals surface area contributed by atoms with E-state index in [-0.39, 0.29) is 11.4 Å². The van der Waals surface area contributed by atoms with Gasteiger partial charge in [0.1, 0.15) is 17.5 Å². The van der Waals surface area contributed by atoms with Gasteiger partial charge in [0.15, 0.2) is 0 Å². The zero-order valence-electron chi connectivity index (χ0n) is 8.79. The number of carbonyl (C=O) groups excluding carboxylic acids is 1. The van der Waals surface area contributed by atoms with E-state index in [0.717, 1.165) is 4.68 Å². The van der Waals surface area contributed by atoms with E-state index in [1.807, 2.05) is 6.07 Å². The molecule has 4 N–H and O–H groups in total. The molecule has 1 aromatic heterocycles. The van der Waals surface area contributed by atoms with E-state index in [0.29, 0.717) is 11.3 Å². The van der Waals surface area contributed by atoms with Crippen molar-refractivity contribution in [1.29, 1.82) is 5.26 Å². The lowest BCUT2D eigenvalue weighted by atomic mass is 10.2. The smallest absolute Gasteiger partial charge is 0.280 e. The Morgan fingerprint density at radius 1 is 1.41 bits per heavy atom. The highest BCUT2D eigenvalue weighted by Crippen LogP contribution is 2.13. The number of nitriles is 1. The number of aromatic nitrogens is 2. The molecule has 0 saturated carbocycles. The molecule has 2 aromatic rings. The van der Waals surface area contributed by atoms with Gasteiger partial charge in [-0.15, -0.1) is 0 Å². The molecule has 0 atom stereocenters. The molecule has 2 rings (SSSR count). The molecule has 0 fully saturated rings. The summed E-state index contributed by atoms with van der Waals surface area (Å²) in [7, 11) is 0. The summed E-state index contributed by atoms with van der Waals surface area (Å²) >= 11 is 0. The summed E-state index contributed by atoms with van der Waals surface area (Å²) in [4.78, 5) is 12.0. The van der Waals surface area contributed by atoms with Crippen LogP contribution in [0.3, 0.4) is 0 Å². The first-order valence-electron chi connectivity index (χ1n) is 4.77. The maximum Gasteiger partial charge on any atom is 0.280 e. The van der Waals surface area contributed by atoms with Gasteiger partial charge in [-0.1, -0.05) is 6.07 Å². The van der Waals surface area contributed by atoms with Crippen molar-refractivity contribution in [2.45, 2.75) is 0 Å². The molecular weight excluding hydrogens is 218 g/mol. The Morgan fingerprint density at radius 3 is 2.76 bits per heavy atom. The normalized spacial score (nSPS) is 9.82. The second-order valence-corrected chi connectivity index (χ2v) is 3.40. The Kier molecular flexibility index (Phi) is 2.51. The van der Waals surface area contributed by atoms with Crippen LogP contribution in [-0.4, -0.2) is 15.7 Å². The maximum atomic E-state index is 12.0. The van der Waals surface area contributed by atoms with Crippen LogP contribution in [0.2, 0.25) is 0 Å². The zero-order chi connectivity index (χ0) is 12.4. The Morgan fingerprint density at radius 2 is 2.18 bits per heavy atom. The fraction of sp³-hybridized carbons (Fsp3) is 0. The number of hydrogen-bond acceptors (Lipinski definition) is 5. The number of nitrogens with zero attached hydrogens (tertiary/aromatic N) is 3. The van der Waals surface area contributed by atoms with Crippen LogP contribution < -0.4 is 11.5 Å². The van der Waals surface area contributed by atoms with Gasteiger partial charge in [-0.3, -0.25) is 4.79 Å². The number of benzene rings is 1. The molecule has 0 saturated heterocycles. The van der Waals surface area contributed by atoms with Crippen LogP contribution in [0.5, 0.6) is 0 Å². The molecule has 17 heavy (non-hydrogen) atoms. The zero-order valence-corrected chi connectivity index (χ0v) is 8.79. The highest BCUT2D eigenvalue weighted by molar-refractivity contribution is 5.98. The van der Waals surface area contributed by atoms with E-state index < -0.39 is 5.91 Å². The van der Waals surface area contributed by atoms with Crippen molar-refractivity contribution in [2.24, 2.45) is 0 Å². The fourth-order valence-electron chi connectivity index (χ4n) is 1.40. The van der Waals surface area contributed by atoms with Gasteiger partial charge in [0.05, 0.1) is 6.20 Å². The molecule has 0 aliphatic heterocycles. The first-order chi connectivity index (χ1) is 8.13. The third-order valence-electron chi connectivity index (χ3n) is 2.25. The first-order valence-corrected chi connectivity index (χ1v) is 4.77. The number of rotatable bonds is 1. The van der Waals surface area contributed by atoms with Crippen molar-refractivity contribution < 1.29 is 4.79 Å². The first kappa shape index (κ1) is 10.7. The average Bonchev–Trinajstić information content (AvgIpc) is 2.69. The Hall–Kier alpha value is -2.81. The van der Waals surface area contributed by atoms with Crippen LogP contribution >= 0.6 is 0 Å². The van der Waals surface area contributed by atoms with Gasteiger partial charge in [-0.2, -0.15) is 15.0 Å². The molecule has 0 aliphatic rings. The van der Waals surface area contributed by atoms with Gasteiger partial charge in [0.25, 0.3) is 5.91 Å². The molecule has 1 aromatic carbocycles. The largest absolute Gasteiger partial charge is 0.399 e. The second-order valence-electron chi connectivity index (χ2n) is 3.40. The lowest BCUT2D eigenvalue weighted by Gasteiger charge is -2.03. The van der Waals surface area contributed by atoms with Gasteiger partial charge in [-0.25, -0.2) is 0 Å². The monoisotopic (exact) mass is 227 g/mol. The number of nitrogen functional groups attached to an aromatic ring is 2. The number of nitrogens with two attached hydrogens (primary N) is 2. The fourth-order valence-corrected chi connectivity index (χ4v) is 1.40. The van der Waals surface area contributed by atoms with E-state index in [1.165, 1.54) is 12.3 Å². The topological polar surface area (TPSA) is 111 Å². The lowest BCUT2D eigenvalue weighted by molar-refractivity contribution is 0.0948. The predicted molar refractivity (Wildman–Crippen MR) is 61.9 cm³/mol. The van der Waals surface area contributed by atoms with Crippen molar-refractivity contribution in [2.75, 3.05) is 11.5 Å². The summed E-state index contributed by atoms with van der Waals surface area (Å²) in [5.74, 6) is -0.392. The van der Waals surface area contributed by atoms with E-state index in [2.05, 4.69) is 5.10 Å². The third-order valence-corrected chi connectivity index (χ3v) is 2.25. The van der Waals surface area contributed by atoms with E-state index in [9.17, 15) is 4.79 Å². The second kappa shape index (κ2) is 3.98. The minimum absolute atomic E-state index is 0.0277. The summed E-state index contributed by atoms with van der Waals surface area (Å²) in [6.07, 6.45) is 1.25. The van der Waals surface area contributed by atoms with Crippen molar-refractivity contribution in [3.05, 3.63) is 41.6 Å². The molecule has 0 unspecified atom stereocenters. The standard InChI is InChI=1S/C11H9N5O/c12-5-8-6-15-16(10(8)14)11(17)7-2-1-3-9(13)4-7/h1-4,6H,13-14H2. The van der Waals surface area contributed by atoms with Gasteiger partial charge in [0.2, 0.25) is 0 Å². The molecule has 0 spiro atoms. The molecule has 1 heterocycles. The van der Waals surface area contributed by atoms with E-state index >= 15 is 0 Å². The molecule has 84 valence electrons. The van der Waals surface area contributed by atoms with Crippen LogP contribution in [0.4, 0.5) is 11.5 Å². The number of anilines is 2. The summed E-state index contributed by atoms with van der Waals surface area (Å²) in [5, 5.41) is 12.5. The minimum Gasteiger partial charge on any atom is -0.399 e. The summed E-state index contributed by atoms with van der Waals surface area (Å²) in [6, 6.07) is 8.31. The molecule has 0 radical (unpaired) electrons. The van der Waals surface area contributed by atoms with E-state index in [4.69, 9.17) is 16.7 Å². The number of hydrogen-bond donors (Lipinski definition) is 2. The predicted octanol–water partition coefficient (Wildman–Crippen LogP) is 0.608.